The second kappa shape index (κ2) is 4.09. The number of anilines is 1. The number of aliphatic hydroxyl groups excluding tert-OH is 1. The van der Waals surface area contributed by atoms with Crippen LogP contribution in [0.15, 0.2) is 18.2 Å². The van der Waals surface area contributed by atoms with E-state index in [1.54, 1.807) is 13.0 Å². The quantitative estimate of drug-likeness (QED) is 0.828. The summed E-state index contributed by atoms with van der Waals surface area (Å²) in [6, 6.07) is 4.61. The van der Waals surface area contributed by atoms with Gasteiger partial charge in [0.1, 0.15) is 11.9 Å². The van der Waals surface area contributed by atoms with Crippen molar-refractivity contribution >= 4 is 11.8 Å². The normalized spacial score (nSPS) is 20.1. The maximum atomic E-state index is 13.6. The van der Waals surface area contributed by atoms with Crippen molar-refractivity contribution in [3.63, 3.8) is 0 Å². The molecule has 0 saturated carbocycles. The van der Waals surface area contributed by atoms with Crippen LogP contribution in [0.3, 0.4) is 0 Å². The number of ether oxygens (including phenoxy) is 1. The Morgan fingerprint density at radius 1 is 1.62 bits per heavy atom. The Labute approximate surface area is 92.2 Å². The van der Waals surface area contributed by atoms with Gasteiger partial charge in [-0.15, -0.1) is 0 Å². The summed E-state index contributed by atoms with van der Waals surface area (Å²) in [5.41, 5.74) is 0.971. The highest BCUT2D eigenvalue weighted by molar-refractivity contribution is 5.89. The van der Waals surface area contributed by atoms with Gasteiger partial charge in [-0.3, -0.25) is 4.90 Å². The summed E-state index contributed by atoms with van der Waals surface area (Å²) >= 11 is 0. The van der Waals surface area contributed by atoms with Gasteiger partial charge in [-0.05, 0) is 24.6 Å². The third-order valence-corrected chi connectivity index (χ3v) is 2.47. The monoisotopic (exact) mass is 225 g/mol. The first-order valence-electron chi connectivity index (χ1n) is 4.97. The van der Waals surface area contributed by atoms with Gasteiger partial charge < -0.3 is 9.84 Å². The van der Waals surface area contributed by atoms with Crippen LogP contribution >= 0.6 is 0 Å². The number of hydrogen-bond donors (Lipinski definition) is 1. The zero-order chi connectivity index (χ0) is 11.7. The zero-order valence-electron chi connectivity index (χ0n) is 8.81. The number of halogens is 1. The number of amides is 1. The molecule has 1 N–H and O–H groups in total. The maximum Gasteiger partial charge on any atom is 0.414 e. The molecule has 5 heteroatoms. The Hall–Kier alpha value is -1.62. The molecule has 1 aromatic carbocycles. The van der Waals surface area contributed by atoms with Crippen LogP contribution in [0.1, 0.15) is 5.56 Å². The van der Waals surface area contributed by atoms with Crippen molar-refractivity contribution in [3.05, 3.63) is 29.6 Å². The van der Waals surface area contributed by atoms with E-state index in [1.807, 2.05) is 0 Å². The van der Waals surface area contributed by atoms with Crippen molar-refractivity contribution in [1.82, 2.24) is 0 Å². The summed E-state index contributed by atoms with van der Waals surface area (Å²) in [7, 11) is 0. The van der Waals surface area contributed by atoms with Crippen molar-refractivity contribution in [2.75, 3.05) is 18.1 Å². The summed E-state index contributed by atoms with van der Waals surface area (Å²) in [6.45, 7) is 1.69. The number of nitrogens with zero attached hydrogens (tertiary/aromatic N) is 1. The molecule has 0 bridgehead atoms. The Bertz CT molecular complexity index is 422. The Morgan fingerprint density at radius 3 is 2.94 bits per heavy atom. The van der Waals surface area contributed by atoms with Gasteiger partial charge in [-0.25, -0.2) is 9.18 Å². The van der Waals surface area contributed by atoms with Crippen LogP contribution in [0.5, 0.6) is 0 Å². The molecule has 0 radical (unpaired) electrons. The molecule has 1 aliphatic rings. The van der Waals surface area contributed by atoms with Gasteiger partial charge in [0.2, 0.25) is 0 Å². The van der Waals surface area contributed by atoms with E-state index < -0.39 is 18.0 Å². The van der Waals surface area contributed by atoms with Crippen LogP contribution in [-0.2, 0) is 4.74 Å². The van der Waals surface area contributed by atoms with E-state index in [0.29, 0.717) is 0 Å². The van der Waals surface area contributed by atoms with E-state index >= 15 is 0 Å². The minimum absolute atomic E-state index is 0.176. The fourth-order valence-electron chi connectivity index (χ4n) is 1.64. The molecule has 4 nitrogen and oxygen atoms in total. The number of carbonyl (C=O) groups excluding carboxylic acids is 1. The van der Waals surface area contributed by atoms with Crippen molar-refractivity contribution in [3.8, 4) is 0 Å². The first-order valence-corrected chi connectivity index (χ1v) is 4.97. The molecular formula is C11H12FNO3. The van der Waals surface area contributed by atoms with Crippen LogP contribution in [0.4, 0.5) is 14.9 Å². The minimum Gasteiger partial charge on any atom is -0.441 e. The summed E-state index contributed by atoms with van der Waals surface area (Å²) in [6.07, 6.45) is -1.20. The molecule has 1 unspecified atom stereocenters. The molecule has 1 aromatic rings. The summed E-state index contributed by atoms with van der Waals surface area (Å²) in [5.74, 6) is -0.462. The molecule has 1 fully saturated rings. The first kappa shape index (κ1) is 10.9. The predicted molar refractivity (Wildman–Crippen MR) is 55.8 cm³/mol. The lowest BCUT2D eigenvalue weighted by atomic mass is 10.2. The van der Waals surface area contributed by atoms with Crippen LogP contribution in [0.25, 0.3) is 0 Å². The number of hydrogen-bond acceptors (Lipinski definition) is 3. The van der Waals surface area contributed by atoms with Gasteiger partial charge in [0.15, 0.2) is 0 Å². The number of carbonyl (C=O) groups is 1. The Kier molecular flexibility index (Phi) is 2.78. The highest BCUT2D eigenvalue weighted by atomic mass is 19.1. The fourth-order valence-corrected chi connectivity index (χ4v) is 1.64. The standard InChI is InChI=1S/C11H12FNO3/c1-7-2-3-10(9(12)4-7)13-5-8(6-14)16-11(13)15/h2-4,8,14H,5-6H2,1H3. The molecule has 2 rings (SSSR count). The predicted octanol–water partition coefficient (Wildman–Crippen LogP) is 1.45. The van der Waals surface area contributed by atoms with Crippen LogP contribution in [0, 0.1) is 12.7 Å². The lowest BCUT2D eigenvalue weighted by Crippen LogP contribution is -2.26. The van der Waals surface area contributed by atoms with Crippen molar-refractivity contribution in [1.29, 1.82) is 0 Å². The zero-order valence-corrected chi connectivity index (χ0v) is 8.81. The highest BCUT2D eigenvalue weighted by Crippen LogP contribution is 2.25. The van der Waals surface area contributed by atoms with E-state index in [0.717, 1.165) is 5.56 Å². The molecule has 0 aromatic heterocycles. The summed E-state index contributed by atoms with van der Waals surface area (Å²) in [5, 5.41) is 8.86. The summed E-state index contributed by atoms with van der Waals surface area (Å²) < 4.78 is 18.4. The van der Waals surface area contributed by atoms with Gasteiger partial charge in [0, 0.05) is 0 Å². The Balaban J connectivity index is 2.28. The molecule has 1 atom stereocenters. The van der Waals surface area contributed by atoms with Gasteiger partial charge in [-0.1, -0.05) is 6.07 Å². The average Bonchev–Trinajstić information content (AvgIpc) is 2.60. The van der Waals surface area contributed by atoms with Gasteiger partial charge >= 0.3 is 6.09 Å². The highest BCUT2D eigenvalue weighted by Gasteiger charge is 2.33. The SMILES string of the molecule is Cc1ccc(N2CC(CO)OC2=O)c(F)c1. The largest absolute Gasteiger partial charge is 0.441 e. The molecule has 1 amide bonds. The van der Waals surface area contributed by atoms with E-state index in [4.69, 9.17) is 9.84 Å². The van der Waals surface area contributed by atoms with E-state index in [1.165, 1.54) is 17.0 Å². The smallest absolute Gasteiger partial charge is 0.414 e. The van der Waals surface area contributed by atoms with Gasteiger partial charge in [-0.2, -0.15) is 0 Å². The number of aryl methyl sites for hydroxylation is 1. The average molecular weight is 225 g/mol. The molecule has 0 spiro atoms. The van der Waals surface area contributed by atoms with E-state index in [-0.39, 0.29) is 18.8 Å². The summed E-state index contributed by atoms with van der Waals surface area (Å²) in [4.78, 5) is 12.6. The topological polar surface area (TPSA) is 49.8 Å². The van der Waals surface area contributed by atoms with Crippen LogP contribution < -0.4 is 4.90 Å². The number of benzene rings is 1. The lowest BCUT2D eigenvalue weighted by Gasteiger charge is -2.13. The van der Waals surface area contributed by atoms with Crippen molar-refractivity contribution < 1.29 is 19.0 Å². The molecule has 86 valence electrons. The van der Waals surface area contributed by atoms with Gasteiger partial charge in [0.05, 0.1) is 18.8 Å². The number of rotatable bonds is 2. The van der Waals surface area contributed by atoms with E-state index in [9.17, 15) is 9.18 Å². The second-order valence-electron chi connectivity index (χ2n) is 3.75. The van der Waals surface area contributed by atoms with Crippen LogP contribution in [-0.4, -0.2) is 30.5 Å². The van der Waals surface area contributed by atoms with Crippen LogP contribution in [0.2, 0.25) is 0 Å². The van der Waals surface area contributed by atoms with Gasteiger partial charge in [0.25, 0.3) is 0 Å². The molecule has 0 aliphatic carbocycles. The third kappa shape index (κ3) is 1.86. The number of cyclic esters (lactones) is 1. The van der Waals surface area contributed by atoms with Crippen molar-refractivity contribution in [2.45, 2.75) is 13.0 Å². The Morgan fingerprint density at radius 2 is 2.38 bits per heavy atom. The third-order valence-electron chi connectivity index (χ3n) is 2.47. The second-order valence-corrected chi connectivity index (χ2v) is 3.75. The molecule has 1 aliphatic heterocycles. The first-order chi connectivity index (χ1) is 7.61. The lowest BCUT2D eigenvalue weighted by molar-refractivity contribution is 0.0963. The molecule has 16 heavy (non-hydrogen) atoms. The molecular weight excluding hydrogens is 213 g/mol. The number of aliphatic hydroxyl groups is 1. The van der Waals surface area contributed by atoms with E-state index in [2.05, 4.69) is 0 Å². The fraction of sp³-hybridized carbons (Fsp3) is 0.364. The van der Waals surface area contributed by atoms with Crippen molar-refractivity contribution in [2.24, 2.45) is 0 Å². The molecule has 1 saturated heterocycles. The maximum absolute atomic E-state index is 13.6. The minimum atomic E-state index is -0.623. The molecule has 1 heterocycles.